The molecular formula is C9H11FN2O3S. The second-order valence-electron chi connectivity index (χ2n) is 3.32. The van der Waals surface area contributed by atoms with E-state index in [1.54, 1.807) is 0 Å². The summed E-state index contributed by atoms with van der Waals surface area (Å²) in [5.41, 5.74) is 5.27. The summed E-state index contributed by atoms with van der Waals surface area (Å²) in [6, 6.07) is 3.91. The topological polar surface area (TPSA) is 89.3 Å². The highest BCUT2D eigenvalue weighted by Gasteiger charge is 2.14. The predicted octanol–water partition coefficient (Wildman–Crippen LogP) is 0.391. The molecule has 7 heteroatoms. The fraction of sp³-hybridized carbons (Fsp3) is 0.222. The number of carbonyl (C=O) groups is 1. The maximum absolute atomic E-state index is 13.2. The summed E-state index contributed by atoms with van der Waals surface area (Å²) in [5.74, 6) is -2.23. The van der Waals surface area contributed by atoms with Crippen LogP contribution in [0.3, 0.4) is 0 Å². The van der Waals surface area contributed by atoms with Crippen molar-refractivity contribution in [3.8, 4) is 0 Å². The van der Waals surface area contributed by atoms with Crippen LogP contribution in [0.5, 0.6) is 0 Å². The van der Waals surface area contributed by atoms with E-state index in [9.17, 15) is 17.6 Å². The molecule has 0 spiro atoms. The number of para-hydroxylation sites is 1. The molecule has 0 unspecified atom stereocenters. The van der Waals surface area contributed by atoms with Crippen molar-refractivity contribution in [2.24, 2.45) is 0 Å². The van der Waals surface area contributed by atoms with Gasteiger partial charge >= 0.3 is 0 Å². The van der Waals surface area contributed by atoms with Crippen LogP contribution in [-0.2, 0) is 14.6 Å². The van der Waals surface area contributed by atoms with Crippen LogP contribution in [0.15, 0.2) is 18.2 Å². The Kier molecular flexibility index (Phi) is 3.48. The van der Waals surface area contributed by atoms with Gasteiger partial charge in [0.1, 0.15) is 17.3 Å². The maximum Gasteiger partial charge on any atom is 0.239 e. The van der Waals surface area contributed by atoms with Crippen molar-refractivity contribution in [3.05, 3.63) is 24.0 Å². The Balaban J connectivity index is 2.86. The quantitative estimate of drug-likeness (QED) is 0.755. The molecule has 0 aromatic heterocycles. The summed E-state index contributed by atoms with van der Waals surface area (Å²) in [6.45, 7) is 0. The third kappa shape index (κ3) is 3.50. The number of hydrogen-bond donors (Lipinski definition) is 2. The van der Waals surface area contributed by atoms with Gasteiger partial charge in [0.05, 0.1) is 5.69 Å². The zero-order valence-electron chi connectivity index (χ0n) is 8.53. The van der Waals surface area contributed by atoms with Crippen molar-refractivity contribution >= 4 is 27.1 Å². The zero-order chi connectivity index (χ0) is 12.3. The summed E-state index contributed by atoms with van der Waals surface area (Å²) in [4.78, 5) is 11.2. The van der Waals surface area contributed by atoms with Gasteiger partial charge in [-0.15, -0.1) is 0 Å². The highest BCUT2D eigenvalue weighted by Crippen LogP contribution is 2.21. The molecule has 1 amide bonds. The summed E-state index contributed by atoms with van der Waals surface area (Å²) in [5, 5.41) is 2.12. The van der Waals surface area contributed by atoms with E-state index in [1.165, 1.54) is 12.1 Å². The molecule has 88 valence electrons. The van der Waals surface area contributed by atoms with Gasteiger partial charge in [-0.2, -0.15) is 0 Å². The number of rotatable bonds is 3. The Morgan fingerprint density at radius 3 is 2.62 bits per heavy atom. The fourth-order valence-electron chi connectivity index (χ4n) is 1.09. The first-order valence-corrected chi connectivity index (χ1v) is 6.37. The van der Waals surface area contributed by atoms with Crippen molar-refractivity contribution in [1.29, 1.82) is 0 Å². The molecule has 5 nitrogen and oxygen atoms in total. The first kappa shape index (κ1) is 12.4. The third-order valence-electron chi connectivity index (χ3n) is 1.70. The molecule has 0 aliphatic rings. The number of amides is 1. The zero-order valence-corrected chi connectivity index (χ0v) is 9.34. The van der Waals surface area contributed by atoms with Gasteiger partial charge in [-0.3, -0.25) is 4.79 Å². The highest BCUT2D eigenvalue weighted by atomic mass is 32.2. The van der Waals surface area contributed by atoms with E-state index in [0.717, 1.165) is 12.3 Å². The number of nitrogen functional groups attached to an aromatic ring is 1. The molecule has 3 N–H and O–H groups in total. The summed E-state index contributed by atoms with van der Waals surface area (Å²) >= 11 is 0. The van der Waals surface area contributed by atoms with Crippen LogP contribution in [0.2, 0.25) is 0 Å². The molecule has 0 aliphatic carbocycles. The van der Waals surface area contributed by atoms with Crippen LogP contribution in [0, 0.1) is 5.82 Å². The summed E-state index contributed by atoms with van der Waals surface area (Å²) in [6.07, 6.45) is 0.914. The van der Waals surface area contributed by atoms with Gasteiger partial charge in [0.15, 0.2) is 9.84 Å². The minimum atomic E-state index is -3.44. The monoisotopic (exact) mass is 246 g/mol. The van der Waals surface area contributed by atoms with Crippen LogP contribution in [0.4, 0.5) is 15.8 Å². The first-order valence-electron chi connectivity index (χ1n) is 4.31. The first-order chi connectivity index (χ1) is 7.29. The fourth-order valence-corrected chi connectivity index (χ4v) is 1.63. The SMILES string of the molecule is CS(=O)(=O)CC(=O)Nc1c(N)cccc1F. The Bertz CT molecular complexity index is 493. The van der Waals surface area contributed by atoms with Gasteiger partial charge in [-0.25, -0.2) is 12.8 Å². The van der Waals surface area contributed by atoms with E-state index < -0.39 is 27.3 Å². The largest absolute Gasteiger partial charge is 0.397 e. The van der Waals surface area contributed by atoms with Gasteiger partial charge in [0, 0.05) is 6.26 Å². The lowest BCUT2D eigenvalue weighted by Gasteiger charge is -2.08. The molecule has 0 fully saturated rings. The lowest BCUT2D eigenvalue weighted by molar-refractivity contribution is -0.113. The number of sulfone groups is 1. The molecule has 0 radical (unpaired) electrons. The van der Waals surface area contributed by atoms with Crippen molar-refractivity contribution in [2.45, 2.75) is 0 Å². The predicted molar refractivity (Wildman–Crippen MR) is 59.2 cm³/mol. The van der Waals surface area contributed by atoms with E-state index in [0.29, 0.717) is 0 Å². The molecule has 0 aliphatic heterocycles. The molecule has 0 bridgehead atoms. The number of halogens is 1. The van der Waals surface area contributed by atoms with Gasteiger partial charge in [0.2, 0.25) is 5.91 Å². The van der Waals surface area contributed by atoms with Crippen LogP contribution < -0.4 is 11.1 Å². The smallest absolute Gasteiger partial charge is 0.239 e. The second-order valence-corrected chi connectivity index (χ2v) is 5.46. The molecule has 1 aromatic carbocycles. The van der Waals surface area contributed by atoms with E-state index in [1.807, 2.05) is 0 Å². The number of hydrogen-bond acceptors (Lipinski definition) is 4. The molecule has 1 aromatic rings. The molecule has 0 heterocycles. The molecule has 0 saturated heterocycles. The Labute approximate surface area is 92.4 Å². The average molecular weight is 246 g/mol. The van der Waals surface area contributed by atoms with Crippen molar-refractivity contribution < 1.29 is 17.6 Å². The van der Waals surface area contributed by atoms with Crippen molar-refractivity contribution in [2.75, 3.05) is 23.1 Å². The molecule has 0 saturated carbocycles. The molecule has 16 heavy (non-hydrogen) atoms. The number of nitrogens with one attached hydrogen (secondary N) is 1. The van der Waals surface area contributed by atoms with Gasteiger partial charge in [0.25, 0.3) is 0 Å². The van der Waals surface area contributed by atoms with Crippen LogP contribution in [0.25, 0.3) is 0 Å². The Morgan fingerprint density at radius 2 is 2.12 bits per heavy atom. The van der Waals surface area contributed by atoms with Gasteiger partial charge in [-0.05, 0) is 12.1 Å². The highest BCUT2D eigenvalue weighted by molar-refractivity contribution is 7.91. The van der Waals surface area contributed by atoms with E-state index in [4.69, 9.17) is 5.73 Å². The average Bonchev–Trinajstić information content (AvgIpc) is 2.08. The molecular weight excluding hydrogens is 235 g/mol. The standard InChI is InChI=1S/C9H11FN2O3S/c1-16(14,15)5-8(13)12-9-6(10)3-2-4-7(9)11/h2-4H,5,11H2,1H3,(H,12,13). The van der Waals surface area contributed by atoms with Crippen LogP contribution >= 0.6 is 0 Å². The molecule has 0 atom stereocenters. The minimum Gasteiger partial charge on any atom is -0.397 e. The van der Waals surface area contributed by atoms with Gasteiger partial charge < -0.3 is 11.1 Å². The minimum absolute atomic E-state index is 0.0434. The lowest BCUT2D eigenvalue weighted by Crippen LogP contribution is -2.23. The second kappa shape index (κ2) is 4.48. The molecule has 1 rings (SSSR count). The van der Waals surface area contributed by atoms with Crippen molar-refractivity contribution in [1.82, 2.24) is 0 Å². The third-order valence-corrected chi connectivity index (χ3v) is 2.49. The van der Waals surface area contributed by atoms with E-state index in [-0.39, 0.29) is 11.4 Å². The number of benzene rings is 1. The van der Waals surface area contributed by atoms with Crippen LogP contribution in [-0.4, -0.2) is 26.3 Å². The van der Waals surface area contributed by atoms with Crippen LogP contribution in [0.1, 0.15) is 0 Å². The van der Waals surface area contributed by atoms with E-state index >= 15 is 0 Å². The Hall–Kier alpha value is -1.63. The van der Waals surface area contributed by atoms with Crippen molar-refractivity contribution in [3.63, 3.8) is 0 Å². The number of nitrogens with two attached hydrogens (primary N) is 1. The number of anilines is 2. The number of carbonyl (C=O) groups excluding carboxylic acids is 1. The summed E-state index contributed by atoms with van der Waals surface area (Å²) in [7, 11) is -3.44. The van der Waals surface area contributed by atoms with E-state index in [2.05, 4.69) is 5.32 Å². The lowest BCUT2D eigenvalue weighted by atomic mass is 10.2. The maximum atomic E-state index is 13.2. The normalized spacial score (nSPS) is 11.1. The van der Waals surface area contributed by atoms with Gasteiger partial charge in [-0.1, -0.05) is 6.07 Å². The Morgan fingerprint density at radius 1 is 1.50 bits per heavy atom. The summed E-state index contributed by atoms with van der Waals surface area (Å²) < 4.78 is 34.8.